The van der Waals surface area contributed by atoms with E-state index in [9.17, 15) is 27.9 Å². The molecule has 0 aliphatic rings. The number of halogens is 3. The molecule has 1 atom stereocenters. The standard InChI is InChI=1S/C22H16F3NO3/c23-16-11-17(24)20(18(25)12-16)21(27)26-19(22(28)29)10-13-6-8-15(9-7-13)14-4-2-1-3-5-14/h1-9,11-12,19H,10H2,(H,26,27)(H,28,29)/t19-/m0/s1. The van der Waals surface area contributed by atoms with Crippen LogP contribution in [-0.4, -0.2) is 23.0 Å². The maximum atomic E-state index is 13.8. The van der Waals surface area contributed by atoms with Crippen molar-refractivity contribution in [3.8, 4) is 11.1 Å². The van der Waals surface area contributed by atoms with E-state index in [1.54, 1.807) is 12.1 Å². The van der Waals surface area contributed by atoms with Gasteiger partial charge < -0.3 is 10.4 Å². The minimum Gasteiger partial charge on any atom is -0.480 e. The largest absolute Gasteiger partial charge is 0.480 e. The minimum absolute atomic E-state index is 0.0967. The molecule has 0 aliphatic heterocycles. The summed E-state index contributed by atoms with van der Waals surface area (Å²) in [5.74, 6) is -6.63. The van der Waals surface area contributed by atoms with Crippen molar-refractivity contribution in [3.63, 3.8) is 0 Å². The molecule has 148 valence electrons. The van der Waals surface area contributed by atoms with Crippen LogP contribution in [0.25, 0.3) is 11.1 Å². The fraction of sp³-hybridized carbons (Fsp3) is 0.0909. The van der Waals surface area contributed by atoms with Crippen LogP contribution >= 0.6 is 0 Å². The summed E-state index contributed by atoms with van der Waals surface area (Å²) >= 11 is 0. The molecule has 3 rings (SSSR count). The van der Waals surface area contributed by atoms with Crippen LogP contribution in [-0.2, 0) is 11.2 Å². The third kappa shape index (κ3) is 4.82. The summed E-state index contributed by atoms with van der Waals surface area (Å²) in [6.07, 6.45) is -0.0967. The quantitative estimate of drug-likeness (QED) is 0.653. The topological polar surface area (TPSA) is 66.4 Å². The monoisotopic (exact) mass is 399 g/mol. The van der Waals surface area contributed by atoms with E-state index < -0.39 is 40.9 Å². The molecule has 29 heavy (non-hydrogen) atoms. The lowest BCUT2D eigenvalue weighted by Crippen LogP contribution is -2.43. The Morgan fingerprint density at radius 2 is 1.41 bits per heavy atom. The first kappa shape index (κ1) is 20.1. The molecule has 0 bridgehead atoms. The maximum Gasteiger partial charge on any atom is 0.326 e. The SMILES string of the molecule is O=C(N[C@@H](Cc1ccc(-c2ccccc2)cc1)C(=O)O)c1c(F)cc(F)cc1F. The summed E-state index contributed by atoms with van der Waals surface area (Å²) in [6, 6.07) is 15.9. The van der Waals surface area contributed by atoms with Gasteiger partial charge in [0.2, 0.25) is 0 Å². The Bertz CT molecular complexity index is 1010. The average Bonchev–Trinajstić information content (AvgIpc) is 2.68. The van der Waals surface area contributed by atoms with Crippen molar-refractivity contribution in [2.75, 3.05) is 0 Å². The smallest absolute Gasteiger partial charge is 0.326 e. The van der Waals surface area contributed by atoms with E-state index in [4.69, 9.17) is 0 Å². The first-order valence-corrected chi connectivity index (χ1v) is 8.67. The molecule has 0 aromatic heterocycles. The number of amides is 1. The van der Waals surface area contributed by atoms with Crippen molar-refractivity contribution in [2.45, 2.75) is 12.5 Å². The van der Waals surface area contributed by atoms with Crippen molar-refractivity contribution in [1.82, 2.24) is 5.32 Å². The number of hydrogen-bond donors (Lipinski definition) is 2. The molecule has 0 heterocycles. The second kappa shape index (κ2) is 8.60. The van der Waals surface area contributed by atoms with Gasteiger partial charge >= 0.3 is 5.97 Å². The van der Waals surface area contributed by atoms with Gasteiger partial charge in [0.1, 0.15) is 29.1 Å². The van der Waals surface area contributed by atoms with Crippen molar-refractivity contribution >= 4 is 11.9 Å². The fourth-order valence-corrected chi connectivity index (χ4v) is 2.89. The molecule has 4 nitrogen and oxygen atoms in total. The van der Waals surface area contributed by atoms with Crippen molar-refractivity contribution in [3.05, 3.63) is 95.3 Å². The highest BCUT2D eigenvalue weighted by atomic mass is 19.1. The first-order valence-electron chi connectivity index (χ1n) is 8.67. The average molecular weight is 399 g/mol. The zero-order valence-corrected chi connectivity index (χ0v) is 15.0. The van der Waals surface area contributed by atoms with Gasteiger partial charge in [0.25, 0.3) is 5.91 Å². The molecule has 0 fully saturated rings. The zero-order valence-electron chi connectivity index (χ0n) is 15.0. The van der Waals surface area contributed by atoms with E-state index in [1.807, 2.05) is 42.5 Å². The number of benzene rings is 3. The minimum atomic E-state index is -1.42. The summed E-state index contributed by atoms with van der Waals surface area (Å²) in [4.78, 5) is 23.7. The predicted octanol–water partition coefficient (Wildman–Crippen LogP) is 4.20. The van der Waals surface area contributed by atoms with Gasteiger partial charge in [0, 0.05) is 18.6 Å². The summed E-state index contributed by atoms with van der Waals surface area (Å²) in [5, 5.41) is 11.5. The summed E-state index contributed by atoms with van der Waals surface area (Å²) in [6.45, 7) is 0. The zero-order chi connectivity index (χ0) is 21.0. The molecule has 0 radical (unpaired) electrons. The van der Waals surface area contributed by atoms with Gasteiger partial charge in [-0.15, -0.1) is 0 Å². The van der Waals surface area contributed by atoms with E-state index in [2.05, 4.69) is 5.32 Å². The molecule has 1 amide bonds. The molecule has 3 aromatic rings. The molecular weight excluding hydrogens is 383 g/mol. The van der Waals surface area contributed by atoms with Crippen LogP contribution in [0.15, 0.2) is 66.7 Å². The van der Waals surface area contributed by atoms with Crippen LogP contribution in [0, 0.1) is 17.5 Å². The molecule has 7 heteroatoms. The van der Waals surface area contributed by atoms with Gasteiger partial charge in [-0.2, -0.15) is 0 Å². The molecule has 3 aromatic carbocycles. The third-order valence-electron chi connectivity index (χ3n) is 4.34. The molecule has 0 spiro atoms. The van der Waals surface area contributed by atoms with Crippen molar-refractivity contribution in [2.24, 2.45) is 0 Å². The van der Waals surface area contributed by atoms with Gasteiger partial charge in [-0.3, -0.25) is 4.79 Å². The number of nitrogens with one attached hydrogen (secondary N) is 1. The molecule has 0 aliphatic carbocycles. The lowest BCUT2D eigenvalue weighted by molar-refractivity contribution is -0.139. The Morgan fingerprint density at radius 1 is 0.862 bits per heavy atom. The predicted molar refractivity (Wildman–Crippen MR) is 101 cm³/mol. The maximum absolute atomic E-state index is 13.8. The summed E-state index contributed by atoms with van der Waals surface area (Å²) < 4.78 is 40.5. The highest BCUT2D eigenvalue weighted by Crippen LogP contribution is 2.20. The Kier molecular flexibility index (Phi) is 5.97. The first-order chi connectivity index (χ1) is 13.8. The van der Waals surface area contributed by atoms with Crippen LogP contribution in [0.2, 0.25) is 0 Å². The number of carbonyl (C=O) groups is 2. The van der Waals surface area contributed by atoms with Gasteiger partial charge in [-0.05, 0) is 16.7 Å². The summed E-state index contributed by atoms with van der Waals surface area (Å²) in [5.41, 5.74) is 1.50. The van der Waals surface area contributed by atoms with E-state index in [0.717, 1.165) is 11.1 Å². The lowest BCUT2D eigenvalue weighted by Gasteiger charge is -2.15. The van der Waals surface area contributed by atoms with E-state index in [0.29, 0.717) is 17.7 Å². The number of carboxylic acid groups (broad SMARTS) is 1. The Labute approximate surface area is 164 Å². The van der Waals surface area contributed by atoms with Gasteiger partial charge in [-0.25, -0.2) is 18.0 Å². The second-order valence-corrected chi connectivity index (χ2v) is 6.38. The number of carbonyl (C=O) groups excluding carboxylic acids is 1. The molecular formula is C22H16F3NO3. The van der Waals surface area contributed by atoms with E-state index in [-0.39, 0.29) is 6.42 Å². The number of rotatable bonds is 6. The van der Waals surface area contributed by atoms with Crippen LogP contribution in [0.4, 0.5) is 13.2 Å². The van der Waals surface area contributed by atoms with E-state index >= 15 is 0 Å². The van der Waals surface area contributed by atoms with Crippen LogP contribution in [0.3, 0.4) is 0 Å². The van der Waals surface area contributed by atoms with Gasteiger partial charge in [0.15, 0.2) is 0 Å². The number of aliphatic carboxylic acids is 1. The normalized spacial score (nSPS) is 11.7. The Balaban J connectivity index is 1.76. The van der Waals surface area contributed by atoms with E-state index in [1.165, 1.54) is 0 Å². The molecule has 0 saturated carbocycles. The second-order valence-electron chi connectivity index (χ2n) is 6.38. The molecule has 0 saturated heterocycles. The lowest BCUT2D eigenvalue weighted by atomic mass is 10.0. The molecule has 0 unspecified atom stereocenters. The van der Waals surface area contributed by atoms with Crippen LogP contribution < -0.4 is 5.32 Å². The van der Waals surface area contributed by atoms with Crippen molar-refractivity contribution < 1.29 is 27.9 Å². The molecule has 2 N–H and O–H groups in total. The Morgan fingerprint density at radius 3 is 1.97 bits per heavy atom. The number of hydrogen-bond acceptors (Lipinski definition) is 2. The highest BCUT2D eigenvalue weighted by molar-refractivity contribution is 5.97. The Hall–Kier alpha value is -3.61. The van der Waals surface area contributed by atoms with Crippen LogP contribution in [0.5, 0.6) is 0 Å². The van der Waals surface area contributed by atoms with Crippen LogP contribution in [0.1, 0.15) is 15.9 Å². The summed E-state index contributed by atoms with van der Waals surface area (Å²) in [7, 11) is 0. The highest BCUT2D eigenvalue weighted by Gasteiger charge is 2.25. The van der Waals surface area contributed by atoms with Gasteiger partial charge in [-0.1, -0.05) is 54.6 Å². The fourth-order valence-electron chi connectivity index (χ4n) is 2.89. The van der Waals surface area contributed by atoms with Gasteiger partial charge in [0.05, 0.1) is 0 Å². The van der Waals surface area contributed by atoms with Crippen molar-refractivity contribution in [1.29, 1.82) is 0 Å². The third-order valence-corrected chi connectivity index (χ3v) is 4.34. The number of carboxylic acids is 1.